The average Bonchev–Trinajstić information content (AvgIpc) is 3.32. The zero-order chi connectivity index (χ0) is 25.5. The standard InChI is InChI=1S/C36H24BrN/c37-34-24-32(25-11-3-1-4-12-25)31(23-33(34)26-13-5-2-6-14-26)27-19-21-28(22-20-27)38-35-17-9-7-15-29(35)30-16-8-10-18-36(30)38/h1-24H. The number of halogens is 1. The first-order chi connectivity index (χ1) is 18.8. The molecule has 7 rings (SSSR count). The maximum absolute atomic E-state index is 3.87. The maximum Gasteiger partial charge on any atom is 0.0541 e. The lowest BCUT2D eigenvalue weighted by Gasteiger charge is -2.16. The van der Waals surface area contributed by atoms with E-state index in [4.69, 9.17) is 0 Å². The zero-order valence-corrected chi connectivity index (χ0v) is 22.3. The molecular formula is C36H24BrN. The summed E-state index contributed by atoms with van der Waals surface area (Å²) in [6, 6.07) is 52.1. The van der Waals surface area contributed by atoms with Gasteiger partial charge in [-0.25, -0.2) is 0 Å². The first-order valence-electron chi connectivity index (χ1n) is 12.8. The van der Waals surface area contributed by atoms with E-state index in [0.717, 1.165) is 10.2 Å². The van der Waals surface area contributed by atoms with Gasteiger partial charge in [-0.3, -0.25) is 0 Å². The third-order valence-electron chi connectivity index (χ3n) is 7.29. The van der Waals surface area contributed by atoms with Crippen molar-refractivity contribution in [2.24, 2.45) is 0 Å². The second kappa shape index (κ2) is 9.48. The molecule has 0 aliphatic heterocycles. The number of nitrogens with zero attached hydrogens (tertiary/aromatic N) is 1. The lowest BCUT2D eigenvalue weighted by Crippen LogP contribution is -1.94. The van der Waals surface area contributed by atoms with Crippen LogP contribution in [0.3, 0.4) is 0 Å². The Morgan fingerprint density at radius 1 is 0.395 bits per heavy atom. The van der Waals surface area contributed by atoms with Crippen LogP contribution in [0.25, 0.3) is 60.9 Å². The molecular weight excluding hydrogens is 526 g/mol. The van der Waals surface area contributed by atoms with Crippen molar-refractivity contribution in [2.45, 2.75) is 0 Å². The van der Waals surface area contributed by atoms with Crippen molar-refractivity contribution in [1.29, 1.82) is 0 Å². The molecule has 1 nitrogen and oxygen atoms in total. The van der Waals surface area contributed by atoms with Gasteiger partial charge in [-0.15, -0.1) is 0 Å². The SMILES string of the molecule is Brc1cc(-c2ccccc2)c(-c2ccc(-n3c4ccccc4c4ccccc43)cc2)cc1-c1ccccc1. The highest BCUT2D eigenvalue weighted by Crippen LogP contribution is 2.41. The first kappa shape index (κ1) is 22.8. The smallest absolute Gasteiger partial charge is 0.0541 e. The van der Waals surface area contributed by atoms with E-state index in [0.29, 0.717) is 0 Å². The number of aromatic nitrogens is 1. The molecule has 0 atom stereocenters. The van der Waals surface area contributed by atoms with E-state index in [1.165, 1.54) is 55.2 Å². The highest BCUT2D eigenvalue weighted by Gasteiger charge is 2.15. The highest BCUT2D eigenvalue weighted by atomic mass is 79.9. The van der Waals surface area contributed by atoms with Crippen LogP contribution in [0.5, 0.6) is 0 Å². The monoisotopic (exact) mass is 549 g/mol. The van der Waals surface area contributed by atoms with E-state index in [2.05, 4.69) is 166 Å². The lowest BCUT2D eigenvalue weighted by molar-refractivity contribution is 1.18. The van der Waals surface area contributed by atoms with Gasteiger partial charge in [0.25, 0.3) is 0 Å². The molecule has 0 fully saturated rings. The molecule has 7 aromatic rings. The Morgan fingerprint density at radius 2 is 0.842 bits per heavy atom. The van der Waals surface area contributed by atoms with Crippen LogP contribution in [0.15, 0.2) is 150 Å². The quantitative estimate of drug-likeness (QED) is 0.205. The Hall–Kier alpha value is -4.40. The number of rotatable bonds is 4. The summed E-state index contributed by atoms with van der Waals surface area (Å²) >= 11 is 3.87. The van der Waals surface area contributed by atoms with Gasteiger partial charge in [-0.05, 0) is 69.8 Å². The van der Waals surface area contributed by atoms with Gasteiger partial charge in [-0.1, -0.05) is 125 Å². The number of fused-ring (bicyclic) bond motifs is 3. The minimum Gasteiger partial charge on any atom is -0.309 e. The summed E-state index contributed by atoms with van der Waals surface area (Å²) in [6.07, 6.45) is 0. The zero-order valence-electron chi connectivity index (χ0n) is 20.7. The molecule has 38 heavy (non-hydrogen) atoms. The second-order valence-electron chi connectivity index (χ2n) is 9.53. The molecule has 1 heterocycles. The minimum atomic E-state index is 1.09. The Labute approximate surface area is 230 Å². The largest absolute Gasteiger partial charge is 0.309 e. The first-order valence-corrected chi connectivity index (χ1v) is 13.6. The number of hydrogen-bond donors (Lipinski definition) is 0. The fraction of sp³-hybridized carbons (Fsp3) is 0. The summed E-state index contributed by atoms with van der Waals surface area (Å²) in [4.78, 5) is 0. The van der Waals surface area contributed by atoms with Crippen LogP contribution in [-0.4, -0.2) is 4.57 Å². The Kier molecular flexibility index (Phi) is 5.68. The van der Waals surface area contributed by atoms with E-state index < -0.39 is 0 Å². The molecule has 0 aliphatic rings. The van der Waals surface area contributed by atoms with E-state index in [9.17, 15) is 0 Å². The van der Waals surface area contributed by atoms with Gasteiger partial charge in [0.05, 0.1) is 11.0 Å². The normalized spacial score (nSPS) is 11.3. The molecule has 6 aromatic carbocycles. The predicted molar refractivity (Wildman–Crippen MR) is 165 cm³/mol. The van der Waals surface area contributed by atoms with Crippen LogP contribution in [0.2, 0.25) is 0 Å². The molecule has 0 aliphatic carbocycles. The third kappa shape index (κ3) is 3.86. The van der Waals surface area contributed by atoms with E-state index in [1.54, 1.807) is 0 Å². The predicted octanol–water partition coefficient (Wildman–Crippen LogP) is 10.5. The van der Waals surface area contributed by atoms with Crippen LogP contribution >= 0.6 is 15.9 Å². The second-order valence-corrected chi connectivity index (χ2v) is 10.4. The van der Waals surface area contributed by atoms with E-state index in [-0.39, 0.29) is 0 Å². The summed E-state index contributed by atoms with van der Waals surface area (Å²) in [7, 11) is 0. The Balaban J connectivity index is 1.41. The average molecular weight is 550 g/mol. The number of benzene rings is 6. The van der Waals surface area contributed by atoms with Gasteiger partial charge >= 0.3 is 0 Å². The molecule has 0 radical (unpaired) electrons. The third-order valence-corrected chi connectivity index (χ3v) is 7.95. The molecule has 0 unspecified atom stereocenters. The molecule has 0 N–H and O–H groups in total. The van der Waals surface area contributed by atoms with Gasteiger partial charge in [0.2, 0.25) is 0 Å². The van der Waals surface area contributed by atoms with Gasteiger partial charge < -0.3 is 4.57 Å². The molecule has 0 spiro atoms. The van der Waals surface area contributed by atoms with Crippen LogP contribution in [0.4, 0.5) is 0 Å². The molecule has 2 heteroatoms. The van der Waals surface area contributed by atoms with Crippen molar-refractivity contribution in [3.63, 3.8) is 0 Å². The van der Waals surface area contributed by atoms with Crippen LogP contribution < -0.4 is 0 Å². The summed E-state index contributed by atoms with van der Waals surface area (Å²) in [6.45, 7) is 0. The molecule has 0 bridgehead atoms. The van der Waals surface area contributed by atoms with E-state index in [1.807, 2.05) is 0 Å². The number of para-hydroxylation sites is 2. The van der Waals surface area contributed by atoms with Crippen molar-refractivity contribution in [2.75, 3.05) is 0 Å². The van der Waals surface area contributed by atoms with Crippen LogP contribution in [-0.2, 0) is 0 Å². The van der Waals surface area contributed by atoms with Gasteiger partial charge in [0.15, 0.2) is 0 Å². The summed E-state index contributed by atoms with van der Waals surface area (Å²) in [5, 5.41) is 2.55. The van der Waals surface area contributed by atoms with Crippen LogP contribution in [0.1, 0.15) is 0 Å². The fourth-order valence-corrected chi connectivity index (χ4v) is 6.07. The molecule has 180 valence electrons. The molecule has 0 amide bonds. The summed E-state index contributed by atoms with van der Waals surface area (Å²) in [5.74, 6) is 0. The maximum atomic E-state index is 3.87. The minimum absolute atomic E-state index is 1.09. The summed E-state index contributed by atoms with van der Waals surface area (Å²) in [5.41, 5.74) is 10.8. The molecule has 0 saturated heterocycles. The van der Waals surface area contributed by atoms with Crippen molar-refractivity contribution < 1.29 is 0 Å². The van der Waals surface area contributed by atoms with Gasteiger partial charge in [0, 0.05) is 20.9 Å². The topological polar surface area (TPSA) is 4.93 Å². The van der Waals surface area contributed by atoms with Crippen molar-refractivity contribution in [3.05, 3.63) is 150 Å². The van der Waals surface area contributed by atoms with Gasteiger partial charge in [0.1, 0.15) is 0 Å². The Bertz CT molecular complexity index is 1850. The molecule has 0 saturated carbocycles. The summed E-state index contributed by atoms with van der Waals surface area (Å²) < 4.78 is 3.46. The number of hydrogen-bond acceptors (Lipinski definition) is 0. The highest BCUT2D eigenvalue weighted by molar-refractivity contribution is 9.10. The van der Waals surface area contributed by atoms with Crippen LogP contribution in [0, 0.1) is 0 Å². The lowest BCUT2D eigenvalue weighted by atomic mass is 9.91. The molecule has 1 aromatic heterocycles. The van der Waals surface area contributed by atoms with Crippen molar-refractivity contribution >= 4 is 37.7 Å². The van der Waals surface area contributed by atoms with Crippen molar-refractivity contribution in [3.8, 4) is 39.1 Å². The fourth-order valence-electron chi connectivity index (χ4n) is 5.50. The van der Waals surface area contributed by atoms with Crippen molar-refractivity contribution in [1.82, 2.24) is 4.57 Å². The van der Waals surface area contributed by atoms with E-state index >= 15 is 0 Å². The Morgan fingerprint density at radius 3 is 1.42 bits per heavy atom. The van der Waals surface area contributed by atoms with Gasteiger partial charge in [-0.2, -0.15) is 0 Å².